The number of esters is 1. The Balaban J connectivity index is 1.36. The number of halogens is 1. The number of rotatable bonds is 9. The molecule has 1 heterocycles. The van der Waals surface area contributed by atoms with Crippen molar-refractivity contribution in [1.82, 2.24) is 0 Å². The fourth-order valence-corrected chi connectivity index (χ4v) is 6.40. The maximum atomic E-state index is 13.4. The van der Waals surface area contributed by atoms with E-state index in [9.17, 15) is 14.4 Å². The number of ether oxygens (including phenoxy) is 1. The Bertz CT molecular complexity index is 1240. The monoisotopic (exact) mass is 527 g/mol. The van der Waals surface area contributed by atoms with Gasteiger partial charge >= 0.3 is 5.97 Å². The van der Waals surface area contributed by atoms with Crippen molar-refractivity contribution in [3.63, 3.8) is 0 Å². The van der Waals surface area contributed by atoms with E-state index in [1.54, 1.807) is 6.07 Å². The van der Waals surface area contributed by atoms with E-state index in [2.05, 4.69) is 5.32 Å². The van der Waals surface area contributed by atoms with E-state index >= 15 is 0 Å². The van der Waals surface area contributed by atoms with Gasteiger partial charge < -0.3 is 10.1 Å². The first-order valence-corrected chi connectivity index (χ1v) is 13.7. The van der Waals surface area contributed by atoms with E-state index in [0.29, 0.717) is 26.9 Å². The Morgan fingerprint density at radius 1 is 1.06 bits per heavy atom. The van der Waals surface area contributed by atoms with Crippen LogP contribution in [-0.2, 0) is 27.2 Å². The minimum Gasteiger partial charge on any atom is -0.456 e. The Kier molecular flexibility index (Phi) is 8.65. The first-order chi connectivity index (χ1) is 16.9. The van der Waals surface area contributed by atoms with Crippen molar-refractivity contribution in [2.45, 2.75) is 43.9 Å². The quantitative estimate of drug-likeness (QED) is 0.196. The molecule has 0 fully saturated rings. The summed E-state index contributed by atoms with van der Waals surface area (Å²) in [6.45, 7) is 1.58. The number of carbonyl (C=O) groups is 3. The maximum Gasteiger partial charge on any atom is 0.307 e. The van der Waals surface area contributed by atoms with Gasteiger partial charge in [-0.25, -0.2) is 0 Å². The Morgan fingerprint density at radius 2 is 1.80 bits per heavy atom. The van der Waals surface area contributed by atoms with Crippen molar-refractivity contribution >= 4 is 57.4 Å². The van der Waals surface area contributed by atoms with Gasteiger partial charge in [-0.05, 0) is 50.3 Å². The topological polar surface area (TPSA) is 72.5 Å². The molecular weight excluding hydrogens is 502 g/mol. The molecule has 1 N–H and O–H groups in total. The van der Waals surface area contributed by atoms with Crippen molar-refractivity contribution in [2.75, 3.05) is 17.7 Å². The summed E-state index contributed by atoms with van der Waals surface area (Å²) in [6.07, 6.45) is 3.99. The van der Waals surface area contributed by atoms with Gasteiger partial charge in [0.2, 0.25) is 0 Å². The molecule has 5 nitrogen and oxygen atoms in total. The maximum absolute atomic E-state index is 13.4. The number of ketones is 1. The van der Waals surface area contributed by atoms with E-state index in [-0.39, 0.29) is 12.2 Å². The lowest BCUT2D eigenvalue weighted by Crippen LogP contribution is -2.22. The summed E-state index contributed by atoms with van der Waals surface area (Å²) in [5, 5.41) is 4.01. The molecule has 182 valence electrons. The number of hydrogen-bond acceptors (Lipinski definition) is 6. The molecule has 1 amide bonds. The molecule has 0 saturated carbocycles. The van der Waals surface area contributed by atoms with Crippen molar-refractivity contribution in [3.05, 3.63) is 80.7 Å². The van der Waals surface area contributed by atoms with Crippen LogP contribution in [0.5, 0.6) is 0 Å². The molecular formula is C27H26ClNO4S2. The third kappa shape index (κ3) is 6.54. The van der Waals surface area contributed by atoms with E-state index in [1.807, 2.05) is 49.4 Å². The van der Waals surface area contributed by atoms with Crippen molar-refractivity contribution in [1.29, 1.82) is 0 Å². The summed E-state index contributed by atoms with van der Waals surface area (Å²) in [4.78, 5) is 40.2. The zero-order valence-electron chi connectivity index (χ0n) is 19.4. The van der Waals surface area contributed by atoms with Crippen LogP contribution in [-0.4, -0.2) is 30.0 Å². The third-order valence-electron chi connectivity index (χ3n) is 5.73. The molecule has 8 heteroatoms. The normalized spacial score (nSPS) is 12.6. The van der Waals surface area contributed by atoms with Gasteiger partial charge in [-0.3, -0.25) is 14.4 Å². The summed E-state index contributed by atoms with van der Waals surface area (Å²) in [7, 11) is 0. The molecule has 1 aliphatic carbocycles. The molecule has 0 atom stereocenters. The number of carbonyl (C=O) groups excluding carboxylic acids is 3. The van der Waals surface area contributed by atoms with Crippen LogP contribution in [0.4, 0.5) is 5.00 Å². The van der Waals surface area contributed by atoms with Crippen molar-refractivity contribution in [2.24, 2.45) is 0 Å². The standard InChI is InChI=1S/C27H26ClNO4S2/c1-17-10-12-18(13-11-17)26(32)25-19-6-2-4-8-21(19)35-27(25)29-23(30)16-33-24(31)14-15-34-22-9-5-3-7-20(22)28/h3,5,7,9-13H,2,4,6,8,14-16H2,1H3,(H,29,30). The molecule has 0 bridgehead atoms. The van der Waals surface area contributed by atoms with Crippen LogP contribution in [0, 0.1) is 6.92 Å². The highest BCUT2D eigenvalue weighted by Gasteiger charge is 2.27. The molecule has 1 aliphatic rings. The summed E-state index contributed by atoms with van der Waals surface area (Å²) in [5.41, 5.74) is 3.29. The van der Waals surface area contributed by atoms with Crippen LogP contribution in [0.15, 0.2) is 53.4 Å². The average Bonchev–Trinajstić information content (AvgIpc) is 3.21. The minimum absolute atomic E-state index is 0.0895. The van der Waals surface area contributed by atoms with Crippen LogP contribution >= 0.6 is 34.7 Å². The van der Waals surface area contributed by atoms with E-state index < -0.39 is 18.5 Å². The first-order valence-electron chi connectivity index (χ1n) is 11.5. The van der Waals surface area contributed by atoms with Gasteiger partial charge in [0, 0.05) is 21.1 Å². The number of thiophene rings is 1. The van der Waals surface area contributed by atoms with E-state index in [1.165, 1.54) is 23.1 Å². The predicted octanol–water partition coefficient (Wildman–Crippen LogP) is 6.48. The van der Waals surface area contributed by atoms with Gasteiger partial charge in [-0.2, -0.15) is 0 Å². The van der Waals surface area contributed by atoms with Gasteiger partial charge in [0.25, 0.3) is 5.91 Å². The van der Waals surface area contributed by atoms with Gasteiger partial charge in [0.1, 0.15) is 5.00 Å². The molecule has 0 aliphatic heterocycles. The number of thioether (sulfide) groups is 1. The number of amides is 1. The highest BCUT2D eigenvalue weighted by Crippen LogP contribution is 2.39. The van der Waals surface area contributed by atoms with Crippen molar-refractivity contribution in [3.8, 4) is 0 Å². The minimum atomic E-state index is -0.457. The zero-order chi connectivity index (χ0) is 24.8. The highest BCUT2D eigenvalue weighted by atomic mass is 35.5. The fraction of sp³-hybridized carbons (Fsp3) is 0.296. The highest BCUT2D eigenvalue weighted by molar-refractivity contribution is 7.99. The molecule has 35 heavy (non-hydrogen) atoms. The lowest BCUT2D eigenvalue weighted by Gasteiger charge is -2.13. The van der Waals surface area contributed by atoms with E-state index in [0.717, 1.165) is 46.6 Å². The number of aryl methyl sites for hydroxylation is 2. The largest absolute Gasteiger partial charge is 0.456 e. The summed E-state index contributed by atoms with van der Waals surface area (Å²) >= 11 is 9.04. The SMILES string of the molecule is Cc1ccc(C(=O)c2c(NC(=O)COC(=O)CCSc3ccccc3Cl)sc3c2CCCC3)cc1. The third-order valence-corrected chi connectivity index (χ3v) is 8.45. The van der Waals surface area contributed by atoms with Crippen LogP contribution in [0.3, 0.4) is 0 Å². The second-order valence-electron chi connectivity index (χ2n) is 8.35. The molecule has 4 rings (SSSR count). The molecule has 0 saturated heterocycles. The lowest BCUT2D eigenvalue weighted by atomic mass is 9.91. The van der Waals surface area contributed by atoms with Crippen LogP contribution in [0.2, 0.25) is 5.02 Å². The number of hydrogen-bond donors (Lipinski definition) is 1. The molecule has 0 radical (unpaired) electrons. The summed E-state index contributed by atoms with van der Waals surface area (Å²) in [6, 6.07) is 14.9. The number of fused-ring (bicyclic) bond motifs is 1. The molecule has 0 spiro atoms. The smallest absolute Gasteiger partial charge is 0.307 e. The summed E-state index contributed by atoms with van der Waals surface area (Å²) < 4.78 is 5.17. The van der Waals surface area contributed by atoms with Crippen LogP contribution in [0.25, 0.3) is 0 Å². The Morgan fingerprint density at radius 3 is 2.57 bits per heavy atom. The zero-order valence-corrected chi connectivity index (χ0v) is 21.8. The first kappa shape index (κ1) is 25.5. The Hall–Kier alpha value is -2.61. The number of anilines is 1. The second kappa shape index (κ2) is 11.9. The lowest BCUT2D eigenvalue weighted by molar-refractivity contribution is -0.146. The predicted molar refractivity (Wildman–Crippen MR) is 142 cm³/mol. The molecule has 3 aromatic rings. The number of benzene rings is 2. The molecule has 2 aromatic carbocycles. The average molecular weight is 528 g/mol. The van der Waals surface area contributed by atoms with Crippen LogP contribution < -0.4 is 5.32 Å². The van der Waals surface area contributed by atoms with Crippen molar-refractivity contribution < 1.29 is 19.1 Å². The van der Waals surface area contributed by atoms with Gasteiger partial charge in [-0.15, -0.1) is 23.1 Å². The van der Waals surface area contributed by atoms with E-state index in [4.69, 9.17) is 16.3 Å². The van der Waals surface area contributed by atoms with Crippen LogP contribution in [0.1, 0.15) is 51.2 Å². The number of nitrogens with one attached hydrogen (secondary N) is 1. The Labute approximate surface area is 218 Å². The molecule has 1 aromatic heterocycles. The fourth-order valence-electron chi connectivity index (χ4n) is 3.93. The molecule has 0 unspecified atom stereocenters. The van der Waals surface area contributed by atoms with Gasteiger partial charge in [-0.1, -0.05) is 53.6 Å². The van der Waals surface area contributed by atoms with Gasteiger partial charge in [0.15, 0.2) is 12.4 Å². The van der Waals surface area contributed by atoms with Gasteiger partial charge in [0.05, 0.1) is 17.0 Å². The second-order valence-corrected chi connectivity index (χ2v) is 11.0. The summed E-state index contributed by atoms with van der Waals surface area (Å²) in [5.74, 6) is -0.500.